The van der Waals surface area contributed by atoms with Crippen LogP contribution in [0.15, 0.2) is 53.1 Å². The van der Waals surface area contributed by atoms with Gasteiger partial charge >= 0.3 is 0 Å². The second-order valence-corrected chi connectivity index (χ2v) is 6.95. The summed E-state index contributed by atoms with van der Waals surface area (Å²) < 4.78 is 18.9. The van der Waals surface area contributed by atoms with E-state index in [9.17, 15) is 14.0 Å². The Kier molecular flexibility index (Phi) is 5.39. The average Bonchev–Trinajstić information content (AvgIpc) is 3.29. The standard InChI is InChI=1S/C18H14ClFN2O3S/c1-22(10-11-12(19)4-2-5-13(11)20)18(24)15-7-8-16(26-15)21-17(23)14-6-3-9-25-14/h2-9H,10H2,1H3,(H,21,23). The van der Waals surface area contributed by atoms with Gasteiger partial charge in [-0.2, -0.15) is 0 Å². The lowest BCUT2D eigenvalue weighted by Crippen LogP contribution is -2.26. The molecule has 0 spiro atoms. The molecule has 8 heteroatoms. The summed E-state index contributed by atoms with van der Waals surface area (Å²) in [6.07, 6.45) is 1.40. The van der Waals surface area contributed by atoms with Gasteiger partial charge in [0, 0.05) is 17.6 Å². The van der Waals surface area contributed by atoms with E-state index < -0.39 is 11.7 Å². The smallest absolute Gasteiger partial charge is 0.291 e. The molecule has 0 aliphatic heterocycles. The molecule has 0 aliphatic rings. The van der Waals surface area contributed by atoms with Crippen LogP contribution in [-0.4, -0.2) is 23.8 Å². The molecule has 0 saturated heterocycles. The normalized spacial score (nSPS) is 10.6. The predicted molar refractivity (Wildman–Crippen MR) is 98.2 cm³/mol. The largest absolute Gasteiger partial charge is 0.459 e. The summed E-state index contributed by atoms with van der Waals surface area (Å²) in [6.45, 7) is 0.0380. The van der Waals surface area contributed by atoms with Crippen molar-refractivity contribution in [2.75, 3.05) is 12.4 Å². The summed E-state index contributed by atoms with van der Waals surface area (Å²) in [5.41, 5.74) is 0.257. The molecule has 2 amide bonds. The molecule has 0 aliphatic carbocycles. The van der Waals surface area contributed by atoms with Crippen molar-refractivity contribution in [1.29, 1.82) is 0 Å². The fourth-order valence-electron chi connectivity index (χ4n) is 2.28. The van der Waals surface area contributed by atoms with Gasteiger partial charge in [-0.3, -0.25) is 9.59 Å². The first-order valence-electron chi connectivity index (χ1n) is 7.58. The van der Waals surface area contributed by atoms with E-state index in [0.717, 1.165) is 11.3 Å². The third kappa shape index (κ3) is 3.95. The van der Waals surface area contributed by atoms with Crippen LogP contribution in [0, 0.1) is 5.82 Å². The van der Waals surface area contributed by atoms with E-state index >= 15 is 0 Å². The van der Waals surface area contributed by atoms with Crippen LogP contribution in [0.1, 0.15) is 25.8 Å². The Bertz CT molecular complexity index is 920. The number of nitrogens with zero attached hydrogens (tertiary/aromatic N) is 1. The van der Waals surface area contributed by atoms with Crippen molar-refractivity contribution in [1.82, 2.24) is 4.90 Å². The number of anilines is 1. The Balaban J connectivity index is 1.68. The number of furan rings is 1. The molecule has 2 heterocycles. The highest BCUT2D eigenvalue weighted by Gasteiger charge is 2.18. The number of thiophene rings is 1. The molecule has 3 aromatic rings. The molecule has 1 N–H and O–H groups in total. The minimum absolute atomic E-state index is 0.0380. The number of hydrogen-bond acceptors (Lipinski definition) is 4. The van der Waals surface area contributed by atoms with Crippen LogP contribution in [0.25, 0.3) is 0 Å². The highest BCUT2D eigenvalue weighted by Crippen LogP contribution is 2.25. The van der Waals surface area contributed by atoms with E-state index in [0.29, 0.717) is 9.88 Å². The number of halogens is 2. The molecular formula is C18H14ClFN2O3S. The van der Waals surface area contributed by atoms with Crippen molar-refractivity contribution in [3.05, 3.63) is 75.8 Å². The molecule has 0 radical (unpaired) electrons. The summed E-state index contributed by atoms with van der Waals surface area (Å²) >= 11 is 7.13. The van der Waals surface area contributed by atoms with E-state index in [4.69, 9.17) is 16.0 Å². The van der Waals surface area contributed by atoms with Crippen molar-refractivity contribution < 1.29 is 18.4 Å². The molecule has 26 heavy (non-hydrogen) atoms. The summed E-state index contributed by atoms with van der Waals surface area (Å²) in [4.78, 5) is 26.3. The molecule has 134 valence electrons. The van der Waals surface area contributed by atoms with Crippen molar-refractivity contribution >= 4 is 39.8 Å². The number of rotatable bonds is 5. The maximum Gasteiger partial charge on any atom is 0.291 e. The van der Waals surface area contributed by atoms with Gasteiger partial charge in [-0.05, 0) is 36.4 Å². The zero-order valence-corrected chi connectivity index (χ0v) is 15.2. The number of hydrogen-bond donors (Lipinski definition) is 1. The van der Waals surface area contributed by atoms with Gasteiger partial charge in [0.2, 0.25) is 0 Å². The van der Waals surface area contributed by atoms with E-state index in [1.807, 2.05) is 0 Å². The fourth-order valence-corrected chi connectivity index (χ4v) is 3.40. The maximum atomic E-state index is 13.9. The van der Waals surface area contributed by atoms with E-state index in [1.54, 1.807) is 37.4 Å². The first-order chi connectivity index (χ1) is 12.5. The topological polar surface area (TPSA) is 62.6 Å². The van der Waals surface area contributed by atoms with Gasteiger partial charge in [0.1, 0.15) is 5.82 Å². The third-order valence-electron chi connectivity index (χ3n) is 3.60. The molecule has 3 rings (SSSR count). The highest BCUT2D eigenvalue weighted by molar-refractivity contribution is 7.18. The van der Waals surface area contributed by atoms with Gasteiger partial charge in [0.05, 0.1) is 22.7 Å². The third-order valence-corrected chi connectivity index (χ3v) is 4.94. The lowest BCUT2D eigenvalue weighted by Gasteiger charge is -2.17. The minimum Gasteiger partial charge on any atom is -0.459 e. The monoisotopic (exact) mass is 392 g/mol. The Labute approximate surface area is 158 Å². The Morgan fingerprint density at radius 3 is 2.73 bits per heavy atom. The molecule has 1 aromatic carbocycles. The summed E-state index contributed by atoms with van der Waals surface area (Å²) in [5, 5.41) is 3.43. The number of amides is 2. The van der Waals surface area contributed by atoms with Gasteiger partial charge in [-0.1, -0.05) is 17.7 Å². The lowest BCUT2D eigenvalue weighted by molar-refractivity contribution is 0.0788. The molecule has 0 bridgehead atoms. The minimum atomic E-state index is -0.463. The highest BCUT2D eigenvalue weighted by atomic mass is 35.5. The van der Waals surface area contributed by atoms with E-state index in [-0.39, 0.29) is 28.8 Å². The van der Waals surface area contributed by atoms with Crippen LogP contribution < -0.4 is 5.32 Å². The second kappa shape index (κ2) is 7.72. The van der Waals surface area contributed by atoms with Gasteiger partial charge < -0.3 is 14.6 Å². The summed E-state index contributed by atoms with van der Waals surface area (Å²) in [6, 6.07) is 10.8. The van der Waals surface area contributed by atoms with Crippen LogP contribution in [-0.2, 0) is 6.54 Å². The zero-order valence-electron chi connectivity index (χ0n) is 13.7. The van der Waals surface area contributed by atoms with E-state index in [2.05, 4.69) is 5.32 Å². The first kappa shape index (κ1) is 18.2. The molecular weight excluding hydrogens is 379 g/mol. The molecule has 5 nitrogen and oxygen atoms in total. The Hall–Kier alpha value is -2.64. The number of carbonyl (C=O) groups excluding carboxylic acids is 2. The van der Waals surface area contributed by atoms with Gasteiger partial charge in [-0.25, -0.2) is 4.39 Å². The molecule has 2 aromatic heterocycles. The SMILES string of the molecule is CN(Cc1c(F)cccc1Cl)C(=O)c1ccc(NC(=O)c2ccco2)s1. The summed E-state index contributed by atoms with van der Waals surface area (Å²) in [5.74, 6) is -0.984. The van der Waals surface area contributed by atoms with Crippen molar-refractivity contribution in [2.24, 2.45) is 0 Å². The Morgan fingerprint density at radius 1 is 1.23 bits per heavy atom. The van der Waals surface area contributed by atoms with Crippen LogP contribution in [0.5, 0.6) is 0 Å². The van der Waals surface area contributed by atoms with Crippen molar-refractivity contribution in [3.63, 3.8) is 0 Å². The number of nitrogens with one attached hydrogen (secondary N) is 1. The predicted octanol–water partition coefficient (Wildman–Crippen LogP) is 4.66. The number of benzene rings is 1. The van der Waals surface area contributed by atoms with Gasteiger partial charge in [0.15, 0.2) is 5.76 Å². The Morgan fingerprint density at radius 2 is 2.04 bits per heavy atom. The molecule has 0 atom stereocenters. The molecule has 0 saturated carbocycles. The van der Waals surface area contributed by atoms with Crippen LogP contribution in [0.3, 0.4) is 0 Å². The van der Waals surface area contributed by atoms with Crippen molar-refractivity contribution in [2.45, 2.75) is 6.54 Å². The van der Waals surface area contributed by atoms with Crippen molar-refractivity contribution in [3.8, 4) is 0 Å². The zero-order chi connectivity index (χ0) is 18.7. The fraction of sp³-hybridized carbons (Fsp3) is 0.111. The van der Waals surface area contributed by atoms with Crippen LogP contribution >= 0.6 is 22.9 Å². The van der Waals surface area contributed by atoms with Gasteiger partial charge in [0.25, 0.3) is 11.8 Å². The number of carbonyl (C=O) groups is 2. The van der Waals surface area contributed by atoms with Crippen LogP contribution in [0.4, 0.5) is 9.39 Å². The molecule has 0 fully saturated rings. The lowest BCUT2D eigenvalue weighted by atomic mass is 10.2. The maximum absolute atomic E-state index is 13.9. The molecule has 0 unspecified atom stereocenters. The quantitative estimate of drug-likeness (QED) is 0.687. The van der Waals surface area contributed by atoms with E-state index in [1.165, 1.54) is 23.3 Å². The van der Waals surface area contributed by atoms with Crippen LogP contribution in [0.2, 0.25) is 5.02 Å². The summed E-state index contributed by atoms with van der Waals surface area (Å²) in [7, 11) is 1.56. The van der Waals surface area contributed by atoms with Gasteiger partial charge in [-0.15, -0.1) is 11.3 Å². The second-order valence-electron chi connectivity index (χ2n) is 5.46. The average molecular weight is 393 g/mol. The first-order valence-corrected chi connectivity index (χ1v) is 8.78.